The van der Waals surface area contributed by atoms with Gasteiger partial charge in [-0.05, 0) is 31.2 Å². The topological polar surface area (TPSA) is 48.4 Å². The summed E-state index contributed by atoms with van der Waals surface area (Å²) in [5, 5.41) is 0.986. The summed E-state index contributed by atoms with van der Waals surface area (Å²) in [6, 6.07) is 7.59. The van der Waals surface area contributed by atoms with E-state index >= 15 is 0 Å². The van der Waals surface area contributed by atoms with E-state index in [0.29, 0.717) is 12.4 Å². The molecule has 20 heavy (non-hydrogen) atoms. The highest BCUT2D eigenvalue weighted by atomic mass is 79.9. The molecule has 0 N–H and O–H groups in total. The van der Waals surface area contributed by atoms with Crippen LogP contribution in [0.15, 0.2) is 47.1 Å². The number of hydrogen-bond donors (Lipinski definition) is 0. The summed E-state index contributed by atoms with van der Waals surface area (Å²) < 4.78 is 11.4. The molecule has 0 radical (unpaired) electrons. The van der Waals surface area contributed by atoms with Gasteiger partial charge in [-0.25, -0.2) is 4.79 Å². The molecule has 0 unspecified atom stereocenters. The number of esters is 1. The summed E-state index contributed by atoms with van der Waals surface area (Å²) in [5.74, 6) is 0.312. The van der Waals surface area contributed by atoms with E-state index in [1.165, 1.54) is 6.08 Å². The summed E-state index contributed by atoms with van der Waals surface area (Å²) in [5.41, 5.74) is 0.784. The highest BCUT2D eigenvalue weighted by Gasteiger charge is 2.05. The van der Waals surface area contributed by atoms with Crippen LogP contribution in [0.1, 0.15) is 6.92 Å². The zero-order chi connectivity index (χ0) is 14.4. The molecule has 2 rings (SSSR count). The molecule has 104 valence electrons. The first-order valence-electron chi connectivity index (χ1n) is 6.21. The number of aromatic nitrogens is 1. The number of nitrogens with zero attached hydrogens (tertiary/aromatic N) is 1. The van der Waals surface area contributed by atoms with Gasteiger partial charge in [-0.15, -0.1) is 0 Å². The third-order valence-electron chi connectivity index (χ3n) is 2.56. The van der Waals surface area contributed by atoms with Crippen LogP contribution in [0.25, 0.3) is 10.9 Å². The average molecular weight is 336 g/mol. The Kier molecular flexibility index (Phi) is 5.12. The Morgan fingerprint density at radius 1 is 1.40 bits per heavy atom. The molecule has 0 bridgehead atoms. The molecular weight excluding hydrogens is 322 g/mol. The first-order chi connectivity index (χ1) is 9.72. The zero-order valence-electron chi connectivity index (χ0n) is 11.0. The molecular formula is C15H14BrNO3. The lowest BCUT2D eigenvalue weighted by Crippen LogP contribution is -2.01. The van der Waals surface area contributed by atoms with Crippen LogP contribution in [0.2, 0.25) is 0 Å². The number of fused-ring (bicyclic) bond motifs is 1. The fourth-order valence-corrected chi connectivity index (χ4v) is 2.15. The molecule has 0 saturated carbocycles. The molecule has 0 aliphatic heterocycles. The monoisotopic (exact) mass is 335 g/mol. The maximum Gasteiger partial charge on any atom is 0.330 e. The van der Waals surface area contributed by atoms with Crippen molar-refractivity contribution in [3.8, 4) is 5.75 Å². The maximum atomic E-state index is 11.1. The predicted octanol–water partition coefficient (Wildman–Crippen LogP) is 3.50. The van der Waals surface area contributed by atoms with Crippen LogP contribution in [0.4, 0.5) is 0 Å². The van der Waals surface area contributed by atoms with Crippen molar-refractivity contribution in [3.05, 3.63) is 47.1 Å². The van der Waals surface area contributed by atoms with E-state index in [1.807, 2.05) is 24.3 Å². The number of carbonyl (C=O) groups excluding carboxylic acids is 1. The van der Waals surface area contributed by atoms with E-state index in [2.05, 4.69) is 20.9 Å². The lowest BCUT2D eigenvalue weighted by Gasteiger charge is -2.07. The molecule has 0 spiro atoms. The molecule has 1 aromatic carbocycles. The Morgan fingerprint density at radius 2 is 2.25 bits per heavy atom. The van der Waals surface area contributed by atoms with Crippen LogP contribution in [-0.2, 0) is 9.53 Å². The third kappa shape index (κ3) is 3.57. The Balaban J connectivity index is 2.07. The number of hydrogen-bond acceptors (Lipinski definition) is 4. The summed E-state index contributed by atoms with van der Waals surface area (Å²) in [7, 11) is 0. The van der Waals surface area contributed by atoms with Gasteiger partial charge >= 0.3 is 5.97 Å². The van der Waals surface area contributed by atoms with E-state index in [1.54, 1.807) is 19.2 Å². The van der Waals surface area contributed by atoms with Gasteiger partial charge in [-0.2, -0.15) is 0 Å². The van der Waals surface area contributed by atoms with Gasteiger partial charge in [0, 0.05) is 22.1 Å². The highest BCUT2D eigenvalue weighted by Crippen LogP contribution is 2.29. The molecule has 1 aromatic heterocycles. The SMILES string of the molecule is CCOC(=O)/C=C/COc1ccc(Br)c2cccnc12. The smallest absolute Gasteiger partial charge is 0.330 e. The second kappa shape index (κ2) is 7.05. The molecule has 0 aliphatic rings. The molecule has 0 amide bonds. The van der Waals surface area contributed by atoms with Gasteiger partial charge in [-0.3, -0.25) is 4.98 Å². The molecule has 0 saturated heterocycles. The van der Waals surface area contributed by atoms with Gasteiger partial charge in [0.05, 0.1) is 6.61 Å². The summed E-state index contributed by atoms with van der Waals surface area (Å²) in [6.45, 7) is 2.42. The van der Waals surface area contributed by atoms with Gasteiger partial charge in [0.1, 0.15) is 17.9 Å². The predicted molar refractivity (Wildman–Crippen MR) is 80.7 cm³/mol. The van der Waals surface area contributed by atoms with Crippen LogP contribution >= 0.6 is 15.9 Å². The molecule has 4 nitrogen and oxygen atoms in total. The fourth-order valence-electron chi connectivity index (χ4n) is 1.70. The molecule has 0 aliphatic carbocycles. The average Bonchev–Trinajstić information content (AvgIpc) is 2.46. The van der Waals surface area contributed by atoms with Gasteiger partial charge < -0.3 is 9.47 Å². The second-order valence-electron chi connectivity index (χ2n) is 3.91. The van der Waals surface area contributed by atoms with Crippen LogP contribution in [0.5, 0.6) is 5.75 Å². The number of pyridine rings is 1. The normalized spacial score (nSPS) is 10.9. The molecule has 1 heterocycles. The van der Waals surface area contributed by atoms with Crippen molar-refractivity contribution in [3.63, 3.8) is 0 Å². The van der Waals surface area contributed by atoms with Crippen molar-refractivity contribution >= 4 is 32.8 Å². The van der Waals surface area contributed by atoms with Gasteiger partial charge in [0.15, 0.2) is 0 Å². The first kappa shape index (κ1) is 14.5. The lowest BCUT2D eigenvalue weighted by atomic mass is 10.2. The quantitative estimate of drug-likeness (QED) is 0.619. The highest BCUT2D eigenvalue weighted by molar-refractivity contribution is 9.10. The van der Waals surface area contributed by atoms with Crippen LogP contribution in [0.3, 0.4) is 0 Å². The van der Waals surface area contributed by atoms with Crippen LogP contribution in [0, 0.1) is 0 Å². The van der Waals surface area contributed by atoms with E-state index in [0.717, 1.165) is 15.4 Å². The number of carbonyl (C=O) groups is 1. The van der Waals surface area contributed by atoms with Crippen molar-refractivity contribution < 1.29 is 14.3 Å². The minimum atomic E-state index is -0.366. The fraction of sp³-hybridized carbons (Fsp3) is 0.200. The number of rotatable bonds is 5. The summed E-state index contributed by atoms with van der Waals surface area (Å²) in [4.78, 5) is 15.4. The Labute approximate surface area is 125 Å². The van der Waals surface area contributed by atoms with Crippen molar-refractivity contribution in [2.75, 3.05) is 13.2 Å². The van der Waals surface area contributed by atoms with Crippen LogP contribution < -0.4 is 4.74 Å². The van der Waals surface area contributed by atoms with Gasteiger partial charge in [0.25, 0.3) is 0 Å². The molecule has 2 aromatic rings. The molecule has 0 fully saturated rings. The zero-order valence-corrected chi connectivity index (χ0v) is 12.6. The van der Waals surface area contributed by atoms with Crippen molar-refractivity contribution in [1.82, 2.24) is 4.98 Å². The number of ether oxygens (including phenoxy) is 2. The van der Waals surface area contributed by atoms with E-state index in [4.69, 9.17) is 9.47 Å². The number of benzene rings is 1. The van der Waals surface area contributed by atoms with E-state index in [9.17, 15) is 4.79 Å². The Hall–Kier alpha value is -1.88. The lowest BCUT2D eigenvalue weighted by molar-refractivity contribution is -0.137. The largest absolute Gasteiger partial charge is 0.487 e. The minimum Gasteiger partial charge on any atom is -0.487 e. The summed E-state index contributed by atoms with van der Waals surface area (Å²) >= 11 is 3.48. The minimum absolute atomic E-state index is 0.284. The van der Waals surface area contributed by atoms with Gasteiger partial charge in [0.2, 0.25) is 0 Å². The molecule has 5 heteroatoms. The Bertz CT molecular complexity index is 640. The van der Waals surface area contributed by atoms with Crippen molar-refractivity contribution in [2.45, 2.75) is 6.92 Å². The van der Waals surface area contributed by atoms with Crippen molar-refractivity contribution in [1.29, 1.82) is 0 Å². The van der Waals surface area contributed by atoms with E-state index in [-0.39, 0.29) is 12.6 Å². The number of halogens is 1. The summed E-state index contributed by atoms with van der Waals surface area (Å²) in [6.07, 6.45) is 4.70. The maximum absolute atomic E-state index is 11.1. The van der Waals surface area contributed by atoms with Crippen LogP contribution in [-0.4, -0.2) is 24.2 Å². The van der Waals surface area contributed by atoms with E-state index < -0.39 is 0 Å². The third-order valence-corrected chi connectivity index (χ3v) is 3.25. The van der Waals surface area contributed by atoms with Gasteiger partial charge in [-0.1, -0.05) is 22.0 Å². The first-order valence-corrected chi connectivity index (χ1v) is 7.01. The second-order valence-corrected chi connectivity index (χ2v) is 4.76. The molecule has 0 atom stereocenters. The van der Waals surface area contributed by atoms with Crippen molar-refractivity contribution in [2.24, 2.45) is 0 Å². The standard InChI is InChI=1S/C15H14BrNO3/c1-2-19-14(18)6-4-10-20-13-8-7-12(16)11-5-3-9-17-15(11)13/h3-9H,2,10H2,1H3/b6-4+. The Morgan fingerprint density at radius 3 is 3.05 bits per heavy atom.